The zero-order chi connectivity index (χ0) is 17.4. The average molecular weight is 326 g/mol. The molecule has 0 unspecified atom stereocenters. The highest BCUT2D eigenvalue weighted by Gasteiger charge is 2.23. The standard InChI is InChI=1S/C23H22N2/c1-24(2)18-14-12-17(13-15-18)16-21-19-8-4-6-10-22(19)25(3)23-11-7-5-9-20(21)23/h4-16H,1-3H3. The summed E-state index contributed by atoms with van der Waals surface area (Å²) in [6.07, 6.45) is 2.30. The highest BCUT2D eigenvalue weighted by atomic mass is 15.1. The first-order chi connectivity index (χ1) is 12.1. The number of hydrogen-bond acceptors (Lipinski definition) is 2. The topological polar surface area (TPSA) is 6.48 Å². The van der Waals surface area contributed by atoms with Gasteiger partial charge in [0.05, 0.1) is 0 Å². The lowest BCUT2D eigenvalue weighted by atomic mass is 9.89. The Morgan fingerprint density at radius 1 is 0.720 bits per heavy atom. The largest absolute Gasteiger partial charge is 0.378 e. The van der Waals surface area contributed by atoms with Crippen LogP contribution >= 0.6 is 0 Å². The molecule has 4 rings (SSSR count). The Hall–Kier alpha value is -3.00. The second-order valence-electron chi connectivity index (χ2n) is 6.64. The van der Waals surface area contributed by atoms with Gasteiger partial charge in [-0.2, -0.15) is 0 Å². The van der Waals surface area contributed by atoms with Crippen molar-refractivity contribution < 1.29 is 0 Å². The molecule has 25 heavy (non-hydrogen) atoms. The molecule has 1 aliphatic rings. The van der Waals surface area contributed by atoms with Crippen LogP contribution in [-0.2, 0) is 0 Å². The maximum Gasteiger partial charge on any atom is 0.0488 e. The van der Waals surface area contributed by atoms with Crippen LogP contribution < -0.4 is 9.80 Å². The van der Waals surface area contributed by atoms with Crippen LogP contribution in [0.4, 0.5) is 17.1 Å². The predicted molar refractivity (Wildman–Crippen MR) is 109 cm³/mol. The Kier molecular flexibility index (Phi) is 3.81. The average Bonchev–Trinajstić information content (AvgIpc) is 2.65. The number of rotatable bonds is 2. The second-order valence-corrected chi connectivity index (χ2v) is 6.64. The monoisotopic (exact) mass is 326 g/mol. The molecular formula is C23H22N2. The van der Waals surface area contributed by atoms with Crippen molar-refractivity contribution in [3.63, 3.8) is 0 Å². The molecule has 124 valence electrons. The highest BCUT2D eigenvalue weighted by molar-refractivity contribution is 6.03. The fourth-order valence-electron chi connectivity index (χ4n) is 3.45. The molecule has 0 radical (unpaired) electrons. The van der Waals surface area contributed by atoms with E-state index in [-0.39, 0.29) is 0 Å². The molecule has 2 heteroatoms. The lowest BCUT2D eigenvalue weighted by molar-refractivity contribution is 1.13. The van der Waals surface area contributed by atoms with Crippen molar-refractivity contribution in [1.29, 1.82) is 0 Å². The van der Waals surface area contributed by atoms with Crippen molar-refractivity contribution in [3.05, 3.63) is 89.5 Å². The third-order valence-electron chi connectivity index (χ3n) is 4.83. The number of fused-ring (bicyclic) bond motifs is 2. The lowest BCUT2D eigenvalue weighted by Crippen LogP contribution is -2.17. The summed E-state index contributed by atoms with van der Waals surface area (Å²) in [5.74, 6) is 0. The van der Waals surface area contributed by atoms with Gasteiger partial charge in [0.1, 0.15) is 0 Å². The smallest absolute Gasteiger partial charge is 0.0488 e. The van der Waals surface area contributed by atoms with E-state index in [0.29, 0.717) is 0 Å². The Morgan fingerprint density at radius 2 is 1.24 bits per heavy atom. The van der Waals surface area contributed by atoms with Gasteiger partial charge >= 0.3 is 0 Å². The van der Waals surface area contributed by atoms with E-state index in [1.165, 1.54) is 39.3 Å². The first-order valence-electron chi connectivity index (χ1n) is 8.57. The summed E-state index contributed by atoms with van der Waals surface area (Å²) in [6, 6.07) is 25.9. The van der Waals surface area contributed by atoms with Gasteiger partial charge in [-0.1, -0.05) is 48.5 Å². The molecule has 0 spiro atoms. The molecule has 0 fully saturated rings. The minimum Gasteiger partial charge on any atom is -0.378 e. The number of benzene rings is 3. The summed E-state index contributed by atoms with van der Waals surface area (Å²) in [6.45, 7) is 0. The summed E-state index contributed by atoms with van der Waals surface area (Å²) in [5, 5.41) is 0. The van der Waals surface area contributed by atoms with Crippen molar-refractivity contribution in [1.82, 2.24) is 0 Å². The minimum absolute atomic E-state index is 1.21. The second kappa shape index (κ2) is 6.14. The fraction of sp³-hybridized carbons (Fsp3) is 0.130. The molecule has 0 N–H and O–H groups in total. The Balaban J connectivity index is 1.88. The van der Waals surface area contributed by atoms with Gasteiger partial charge in [-0.25, -0.2) is 0 Å². The highest BCUT2D eigenvalue weighted by Crippen LogP contribution is 2.44. The molecule has 0 bridgehead atoms. The van der Waals surface area contributed by atoms with Gasteiger partial charge in [0.25, 0.3) is 0 Å². The van der Waals surface area contributed by atoms with E-state index >= 15 is 0 Å². The molecule has 0 aromatic heterocycles. The fourth-order valence-corrected chi connectivity index (χ4v) is 3.45. The Morgan fingerprint density at radius 3 is 1.76 bits per heavy atom. The number of nitrogens with zero attached hydrogens (tertiary/aromatic N) is 2. The molecule has 3 aromatic carbocycles. The summed E-state index contributed by atoms with van der Waals surface area (Å²) in [7, 11) is 6.27. The van der Waals surface area contributed by atoms with E-state index < -0.39 is 0 Å². The van der Waals surface area contributed by atoms with Gasteiger partial charge in [0.15, 0.2) is 0 Å². The van der Waals surface area contributed by atoms with E-state index in [4.69, 9.17) is 0 Å². The molecule has 2 nitrogen and oxygen atoms in total. The van der Waals surface area contributed by atoms with Crippen LogP contribution in [0.5, 0.6) is 0 Å². The van der Waals surface area contributed by atoms with Crippen LogP contribution in [0, 0.1) is 0 Å². The van der Waals surface area contributed by atoms with E-state index in [1.807, 2.05) is 0 Å². The van der Waals surface area contributed by atoms with Crippen LogP contribution in [0.15, 0.2) is 72.8 Å². The third-order valence-corrected chi connectivity index (χ3v) is 4.83. The normalized spacial score (nSPS) is 12.4. The summed E-state index contributed by atoms with van der Waals surface area (Å²) in [4.78, 5) is 4.40. The molecule has 0 saturated carbocycles. The van der Waals surface area contributed by atoms with Crippen molar-refractivity contribution in [2.75, 3.05) is 30.9 Å². The van der Waals surface area contributed by atoms with Crippen LogP contribution in [-0.4, -0.2) is 21.1 Å². The van der Waals surface area contributed by atoms with Gasteiger partial charge in [0.2, 0.25) is 0 Å². The van der Waals surface area contributed by atoms with E-state index in [1.54, 1.807) is 0 Å². The molecule has 3 aromatic rings. The maximum atomic E-state index is 2.30. The van der Waals surface area contributed by atoms with Gasteiger partial charge in [0, 0.05) is 49.3 Å². The molecule has 0 atom stereocenters. The number of para-hydroxylation sites is 2. The first-order valence-corrected chi connectivity index (χ1v) is 8.57. The molecule has 0 amide bonds. The molecule has 0 saturated heterocycles. The van der Waals surface area contributed by atoms with Crippen molar-refractivity contribution in [2.45, 2.75) is 0 Å². The zero-order valence-corrected chi connectivity index (χ0v) is 14.9. The van der Waals surface area contributed by atoms with E-state index in [9.17, 15) is 0 Å². The van der Waals surface area contributed by atoms with Gasteiger partial charge in [-0.15, -0.1) is 0 Å². The van der Waals surface area contributed by atoms with Crippen LogP contribution in [0.3, 0.4) is 0 Å². The van der Waals surface area contributed by atoms with Crippen LogP contribution in [0.2, 0.25) is 0 Å². The number of anilines is 3. The number of hydrogen-bond donors (Lipinski definition) is 0. The molecular weight excluding hydrogens is 304 g/mol. The predicted octanol–water partition coefficient (Wildman–Crippen LogP) is 5.42. The van der Waals surface area contributed by atoms with Crippen molar-refractivity contribution in [3.8, 4) is 0 Å². The van der Waals surface area contributed by atoms with Gasteiger partial charge in [-0.3, -0.25) is 0 Å². The zero-order valence-electron chi connectivity index (χ0n) is 14.9. The molecule has 1 heterocycles. The van der Waals surface area contributed by atoms with E-state index in [2.05, 4.69) is 110 Å². The van der Waals surface area contributed by atoms with Gasteiger partial charge < -0.3 is 9.80 Å². The van der Waals surface area contributed by atoms with Crippen molar-refractivity contribution in [2.24, 2.45) is 0 Å². The Labute approximate surface area is 149 Å². The molecule has 1 aliphatic heterocycles. The summed E-state index contributed by atoms with van der Waals surface area (Å²) < 4.78 is 0. The van der Waals surface area contributed by atoms with Crippen molar-refractivity contribution >= 4 is 28.7 Å². The maximum absolute atomic E-state index is 2.30. The summed E-state index contributed by atoms with van der Waals surface area (Å²) in [5.41, 5.74) is 8.76. The Bertz CT molecular complexity index is 887. The third kappa shape index (κ3) is 2.70. The van der Waals surface area contributed by atoms with Crippen LogP contribution in [0.1, 0.15) is 16.7 Å². The minimum atomic E-state index is 1.21. The van der Waals surface area contributed by atoms with E-state index in [0.717, 1.165) is 0 Å². The van der Waals surface area contributed by atoms with Gasteiger partial charge in [-0.05, 0) is 41.5 Å². The lowest BCUT2D eigenvalue weighted by Gasteiger charge is -2.31. The quantitative estimate of drug-likeness (QED) is 0.620. The molecule has 0 aliphatic carbocycles. The summed E-state index contributed by atoms with van der Waals surface area (Å²) >= 11 is 0. The SMILES string of the molecule is CN(C)c1ccc(C=C2c3ccccc3N(C)c3ccccc32)cc1. The first kappa shape index (κ1) is 15.5. The van der Waals surface area contributed by atoms with Crippen LogP contribution in [0.25, 0.3) is 11.6 Å².